The Morgan fingerprint density at radius 1 is 1.62 bits per heavy atom. The zero-order valence-corrected chi connectivity index (χ0v) is 8.59. The third kappa shape index (κ3) is 4.44. The van der Waals surface area contributed by atoms with Crippen LogP contribution in [-0.4, -0.2) is 18.8 Å². The Labute approximate surface area is 81.1 Å². The highest BCUT2D eigenvalue weighted by atomic mass is 16.5. The van der Waals surface area contributed by atoms with Crippen LogP contribution in [0.5, 0.6) is 0 Å². The number of hydrogen-bond donors (Lipinski definition) is 1. The first-order chi connectivity index (χ1) is 6.18. The second-order valence-electron chi connectivity index (χ2n) is 4.15. The lowest BCUT2D eigenvalue weighted by Crippen LogP contribution is -2.30. The van der Waals surface area contributed by atoms with Crippen molar-refractivity contribution in [1.82, 2.24) is 0 Å². The maximum absolute atomic E-state index is 5.96. The Hall–Kier alpha value is -0.340. The van der Waals surface area contributed by atoms with Crippen LogP contribution in [0.1, 0.15) is 39.0 Å². The minimum Gasteiger partial charge on any atom is -0.378 e. The fourth-order valence-corrected chi connectivity index (χ4v) is 1.86. The van der Waals surface area contributed by atoms with Gasteiger partial charge in [0.15, 0.2) is 0 Å². The largest absolute Gasteiger partial charge is 0.378 e. The summed E-state index contributed by atoms with van der Waals surface area (Å²) in [6.07, 6.45) is 6.02. The molecule has 0 aromatic rings. The van der Waals surface area contributed by atoms with Crippen molar-refractivity contribution in [3.63, 3.8) is 0 Å². The average Bonchev–Trinajstić information content (AvgIpc) is 2.04. The predicted molar refractivity (Wildman–Crippen MR) is 55.6 cm³/mol. The van der Waals surface area contributed by atoms with Crippen LogP contribution in [-0.2, 0) is 4.74 Å². The smallest absolute Gasteiger partial charge is 0.0590 e. The van der Waals surface area contributed by atoms with E-state index in [1.54, 1.807) is 0 Å². The van der Waals surface area contributed by atoms with E-state index >= 15 is 0 Å². The van der Waals surface area contributed by atoms with Gasteiger partial charge in [0, 0.05) is 12.6 Å². The lowest BCUT2D eigenvalue weighted by atomic mass is 9.98. The van der Waals surface area contributed by atoms with Gasteiger partial charge in [0.25, 0.3) is 0 Å². The molecule has 1 aliphatic heterocycles. The van der Waals surface area contributed by atoms with E-state index in [0.717, 1.165) is 19.4 Å². The molecule has 0 aromatic heterocycles. The molecule has 2 unspecified atom stereocenters. The first-order valence-corrected chi connectivity index (χ1v) is 5.20. The van der Waals surface area contributed by atoms with Crippen LogP contribution in [0.25, 0.3) is 0 Å². The molecule has 1 fully saturated rings. The number of nitrogens with two attached hydrogens (primary N) is 1. The van der Waals surface area contributed by atoms with Crippen molar-refractivity contribution in [3.8, 4) is 0 Å². The molecule has 1 heterocycles. The molecular formula is C11H21NO. The van der Waals surface area contributed by atoms with Crippen molar-refractivity contribution in [2.75, 3.05) is 6.61 Å². The lowest BCUT2D eigenvalue weighted by molar-refractivity contribution is 0.00748. The highest BCUT2D eigenvalue weighted by Gasteiger charge is 2.16. The van der Waals surface area contributed by atoms with Crippen molar-refractivity contribution in [2.24, 2.45) is 5.73 Å². The van der Waals surface area contributed by atoms with Gasteiger partial charge in [0.2, 0.25) is 0 Å². The summed E-state index contributed by atoms with van der Waals surface area (Å²) in [7, 11) is 0. The Balaban J connectivity index is 2.18. The summed E-state index contributed by atoms with van der Waals surface area (Å²) in [5.74, 6) is 0. The Bertz CT molecular complexity index is 161. The average molecular weight is 183 g/mol. The molecule has 2 atom stereocenters. The fourth-order valence-electron chi connectivity index (χ4n) is 1.86. The third-order valence-corrected chi connectivity index (χ3v) is 2.45. The van der Waals surface area contributed by atoms with Crippen molar-refractivity contribution in [2.45, 2.75) is 51.2 Å². The zero-order chi connectivity index (χ0) is 9.68. The van der Waals surface area contributed by atoms with Crippen molar-refractivity contribution in [1.29, 1.82) is 0 Å². The maximum Gasteiger partial charge on any atom is 0.0590 e. The highest BCUT2D eigenvalue weighted by molar-refractivity contribution is 4.92. The molecule has 1 saturated heterocycles. The zero-order valence-electron chi connectivity index (χ0n) is 8.59. The second kappa shape index (κ2) is 5.40. The van der Waals surface area contributed by atoms with E-state index < -0.39 is 0 Å². The summed E-state index contributed by atoms with van der Waals surface area (Å²) in [6.45, 7) is 6.82. The lowest BCUT2D eigenvalue weighted by Gasteiger charge is -2.25. The molecule has 2 N–H and O–H groups in total. The van der Waals surface area contributed by atoms with Crippen molar-refractivity contribution >= 4 is 0 Å². The monoisotopic (exact) mass is 183 g/mol. The van der Waals surface area contributed by atoms with E-state index in [9.17, 15) is 0 Å². The van der Waals surface area contributed by atoms with E-state index in [1.807, 2.05) is 6.92 Å². The van der Waals surface area contributed by atoms with Gasteiger partial charge in [-0.15, -0.1) is 6.58 Å². The Morgan fingerprint density at radius 3 is 2.92 bits per heavy atom. The molecule has 0 aromatic carbocycles. The molecule has 0 bridgehead atoms. The summed E-state index contributed by atoms with van der Waals surface area (Å²) in [4.78, 5) is 0. The van der Waals surface area contributed by atoms with Gasteiger partial charge < -0.3 is 10.5 Å². The van der Waals surface area contributed by atoms with Gasteiger partial charge >= 0.3 is 0 Å². The van der Waals surface area contributed by atoms with Crippen LogP contribution in [0.2, 0.25) is 0 Å². The van der Waals surface area contributed by atoms with E-state index in [2.05, 4.69) is 6.58 Å². The van der Waals surface area contributed by atoms with Crippen LogP contribution in [0, 0.1) is 0 Å². The second-order valence-corrected chi connectivity index (χ2v) is 4.15. The number of ether oxygens (including phenoxy) is 1. The van der Waals surface area contributed by atoms with Gasteiger partial charge in [-0.2, -0.15) is 0 Å². The summed E-state index contributed by atoms with van der Waals surface area (Å²) < 4.78 is 5.62. The van der Waals surface area contributed by atoms with Gasteiger partial charge in [-0.1, -0.05) is 5.57 Å². The van der Waals surface area contributed by atoms with E-state index in [4.69, 9.17) is 10.5 Å². The minimum atomic E-state index is 0.237. The SMILES string of the molecule is C=C(C)CC(N)CC1CCCCO1. The number of hydrogen-bond acceptors (Lipinski definition) is 2. The topological polar surface area (TPSA) is 35.2 Å². The molecule has 0 spiro atoms. The summed E-state index contributed by atoms with van der Waals surface area (Å²) in [6, 6.07) is 0.237. The first kappa shape index (κ1) is 10.7. The normalized spacial score (nSPS) is 25.5. The number of rotatable bonds is 4. The van der Waals surface area contributed by atoms with Gasteiger partial charge in [-0.3, -0.25) is 0 Å². The molecule has 76 valence electrons. The molecule has 0 saturated carbocycles. The van der Waals surface area contributed by atoms with Crippen LogP contribution in [0.4, 0.5) is 0 Å². The Morgan fingerprint density at radius 2 is 2.38 bits per heavy atom. The third-order valence-electron chi connectivity index (χ3n) is 2.45. The molecule has 0 aliphatic carbocycles. The first-order valence-electron chi connectivity index (χ1n) is 5.20. The molecule has 2 heteroatoms. The quantitative estimate of drug-likeness (QED) is 0.678. The predicted octanol–water partition coefficient (Wildman–Crippen LogP) is 2.24. The highest BCUT2D eigenvalue weighted by Crippen LogP contribution is 2.18. The van der Waals surface area contributed by atoms with Gasteiger partial charge in [0.05, 0.1) is 6.10 Å². The molecule has 13 heavy (non-hydrogen) atoms. The maximum atomic E-state index is 5.96. The van der Waals surface area contributed by atoms with Gasteiger partial charge in [-0.05, 0) is 39.0 Å². The molecule has 0 amide bonds. The molecule has 1 aliphatic rings. The van der Waals surface area contributed by atoms with E-state index in [0.29, 0.717) is 6.10 Å². The summed E-state index contributed by atoms with van der Waals surface area (Å²) in [5.41, 5.74) is 7.13. The summed E-state index contributed by atoms with van der Waals surface area (Å²) in [5, 5.41) is 0. The standard InChI is InChI=1S/C11H21NO/c1-9(2)7-10(12)8-11-5-3-4-6-13-11/h10-11H,1,3-8,12H2,2H3. The van der Waals surface area contributed by atoms with Crippen LogP contribution >= 0.6 is 0 Å². The van der Waals surface area contributed by atoms with Gasteiger partial charge in [0.1, 0.15) is 0 Å². The van der Waals surface area contributed by atoms with Crippen molar-refractivity contribution < 1.29 is 4.74 Å². The van der Waals surface area contributed by atoms with E-state index in [1.165, 1.54) is 24.8 Å². The summed E-state index contributed by atoms with van der Waals surface area (Å²) >= 11 is 0. The molecule has 2 nitrogen and oxygen atoms in total. The minimum absolute atomic E-state index is 0.237. The van der Waals surface area contributed by atoms with Crippen LogP contribution < -0.4 is 5.73 Å². The molecule has 0 radical (unpaired) electrons. The molecule has 1 rings (SSSR count). The van der Waals surface area contributed by atoms with Crippen LogP contribution in [0.3, 0.4) is 0 Å². The van der Waals surface area contributed by atoms with Crippen LogP contribution in [0.15, 0.2) is 12.2 Å². The van der Waals surface area contributed by atoms with Crippen molar-refractivity contribution in [3.05, 3.63) is 12.2 Å². The Kier molecular flexibility index (Phi) is 4.46. The fraction of sp³-hybridized carbons (Fsp3) is 0.818. The van der Waals surface area contributed by atoms with Gasteiger partial charge in [-0.25, -0.2) is 0 Å². The molecular weight excluding hydrogens is 162 g/mol. The van der Waals surface area contributed by atoms with E-state index in [-0.39, 0.29) is 6.04 Å².